The molecule has 0 N–H and O–H groups in total. The molecule has 0 aromatic carbocycles. The summed E-state index contributed by atoms with van der Waals surface area (Å²) in [6.07, 6.45) is 1.58. The van der Waals surface area contributed by atoms with E-state index in [4.69, 9.17) is 5.26 Å². The third-order valence-electron chi connectivity index (χ3n) is 0.776. The van der Waals surface area contributed by atoms with Crippen molar-refractivity contribution in [2.75, 3.05) is 0 Å². The quantitative estimate of drug-likeness (QED) is 0.310. The zero-order valence-corrected chi connectivity index (χ0v) is 5.39. The number of aliphatic imine (C=N–C) groups is 1. The van der Waals surface area contributed by atoms with Crippen molar-refractivity contribution in [3.63, 3.8) is 0 Å². The van der Waals surface area contributed by atoms with Crippen LogP contribution in [0, 0.1) is 11.3 Å². The Bertz CT molecular complexity index is 193. The van der Waals surface area contributed by atoms with E-state index in [2.05, 4.69) is 18.3 Å². The molecule has 0 fully saturated rings. The van der Waals surface area contributed by atoms with Crippen molar-refractivity contribution in [2.24, 2.45) is 4.99 Å². The van der Waals surface area contributed by atoms with Gasteiger partial charge in [0.1, 0.15) is 0 Å². The van der Waals surface area contributed by atoms with Gasteiger partial charge in [0.05, 0.1) is 6.07 Å². The van der Waals surface area contributed by atoms with Crippen LogP contribution in [-0.4, -0.2) is 6.72 Å². The van der Waals surface area contributed by atoms with E-state index in [0.29, 0.717) is 11.3 Å². The van der Waals surface area contributed by atoms with Gasteiger partial charge in [-0.15, -0.1) is 0 Å². The van der Waals surface area contributed by atoms with Gasteiger partial charge in [-0.1, -0.05) is 6.58 Å². The van der Waals surface area contributed by atoms with Crippen molar-refractivity contribution in [3.8, 4) is 6.07 Å². The molecule has 0 heterocycles. The topological polar surface area (TPSA) is 36.1 Å². The summed E-state index contributed by atoms with van der Waals surface area (Å²) in [5.41, 5.74) is 1.11. The predicted molar refractivity (Wildman–Crippen MR) is 38.1 cm³/mol. The van der Waals surface area contributed by atoms with E-state index < -0.39 is 0 Å². The van der Waals surface area contributed by atoms with Gasteiger partial charge in [-0.2, -0.15) is 5.26 Å². The molecule has 0 unspecified atom stereocenters. The summed E-state index contributed by atoms with van der Waals surface area (Å²) < 4.78 is 0. The summed E-state index contributed by atoms with van der Waals surface area (Å²) in [6, 6.07) is 1.87. The first-order chi connectivity index (χ1) is 4.20. The maximum absolute atomic E-state index is 8.22. The summed E-state index contributed by atoms with van der Waals surface area (Å²) in [4.78, 5) is 3.58. The summed E-state index contributed by atoms with van der Waals surface area (Å²) in [7, 11) is 0. The fourth-order valence-electron chi connectivity index (χ4n) is 0.330. The van der Waals surface area contributed by atoms with E-state index in [9.17, 15) is 0 Å². The lowest BCUT2D eigenvalue weighted by Crippen LogP contribution is -1.70. The van der Waals surface area contributed by atoms with Crippen LogP contribution in [0.15, 0.2) is 28.9 Å². The Labute approximate surface area is 54.8 Å². The molecule has 0 aliphatic heterocycles. The summed E-state index contributed by atoms with van der Waals surface area (Å²) in [5, 5.41) is 8.22. The minimum Gasteiger partial charge on any atom is -0.269 e. The van der Waals surface area contributed by atoms with E-state index in [1.807, 2.05) is 6.07 Å². The molecule has 0 bridgehead atoms. The van der Waals surface area contributed by atoms with Gasteiger partial charge in [0.2, 0.25) is 0 Å². The first kappa shape index (κ1) is 7.64. The number of hydrogen-bond acceptors (Lipinski definition) is 2. The Morgan fingerprint density at radius 3 is 2.67 bits per heavy atom. The van der Waals surface area contributed by atoms with Crippen LogP contribution in [0.1, 0.15) is 6.92 Å². The Morgan fingerprint density at radius 1 is 1.78 bits per heavy atom. The average Bonchev–Trinajstić information content (AvgIpc) is 1.87. The molecule has 0 aromatic rings. The van der Waals surface area contributed by atoms with Crippen LogP contribution in [0.3, 0.4) is 0 Å². The number of rotatable bonds is 2. The molecule has 0 aromatic heterocycles. The molecule has 0 aliphatic carbocycles. The average molecular weight is 120 g/mol. The van der Waals surface area contributed by atoms with Crippen LogP contribution >= 0.6 is 0 Å². The molecule has 0 saturated carbocycles. The van der Waals surface area contributed by atoms with Crippen molar-refractivity contribution >= 4 is 6.72 Å². The zero-order chi connectivity index (χ0) is 7.28. The van der Waals surface area contributed by atoms with Gasteiger partial charge >= 0.3 is 0 Å². The molecule has 0 amide bonds. The monoisotopic (exact) mass is 120 g/mol. The highest BCUT2D eigenvalue weighted by molar-refractivity contribution is 5.35. The summed E-state index contributed by atoms with van der Waals surface area (Å²) in [5.74, 6) is 0. The van der Waals surface area contributed by atoms with Crippen LogP contribution in [0.2, 0.25) is 0 Å². The highest BCUT2D eigenvalue weighted by atomic mass is 14.7. The van der Waals surface area contributed by atoms with Gasteiger partial charge in [0, 0.05) is 11.3 Å². The lowest BCUT2D eigenvalue weighted by atomic mass is 10.3. The molecule has 0 saturated heterocycles. The second-order valence-electron chi connectivity index (χ2n) is 1.58. The molecule has 0 spiro atoms. The first-order valence-corrected chi connectivity index (χ1v) is 2.44. The molecule has 0 atom stereocenters. The van der Waals surface area contributed by atoms with Gasteiger partial charge in [-0.25, -0.2) is 0 Å². The molecular formula is C7H8N2. The lowest BCUT2D eigenvalue weighted by Gasteiger charge is -1.85. The molecule has 0 radical (unpaired) electrons. The minimum atomic E-state index is 0.403. The normalized spacial score (nSPS) is 10.0. The van der Waals surface area contributed by atoms with Gasteiger partial charge in [0.15, 0.2) is 0 Å². The third kappa shape index (κ3) is 3.24. The number of nitriles is 1. The summed E-state index contributed by atoms with van der Waals surface area (Å²) in [6.45, 7) is 8.47. The third-order valence-corrected chi connectivity index (χ3v) is 0.776. The first-order valence-electron chi connectivity index (χ1n) is 2.44. The Hall–Kier alpha value is -1.36. The van der Waals surface area contributed by atoms with Gasteiger partial charge in [-0.3, -0.25) is 4.99 Å². The predicted octanol–water partition coefficient (Wildman–Crippen LogP) is 1.67. The fraction of sp³-hybridized carbons (Fsp3) is 0.143. The van der Waals surface area contributed by atoms with Gasteiger partial charge in [-0.05, 0) is 19.7 Å². The van der Waals surface area contributed by atoms with Crippen LogP contribution in [0.5, 0.6) is 0 Å². The molecule has 0 aliphatic rings. The standard InChI is InChI=1S/C7H8N2/c1-6(5-8)4-7(2)9-3/h4H,1,3H2,2H3/b7-4-. The van der Waals surface area contributed by atoms with Crippen LogP contribution in [-0.2, 0) is 0 Å². The molecular weight excluding hydrogens is 112 g/mol. The maximum Gasteiger partial charge on any atom is 0.0985 e. The van der Waals surface area contributed by atoms with Gasteiger partial charge < -0.3 is 0 Å². The fourth-order valence-corrected chi connectivity index (χ4v) is 0.330. The highest BCUT2D eigenvalue weighted by Crippen LogP contribution is 1.97. The van der Waals surface area contributed by atoms with Crippen molar-refractivity contribution in [1.82, 2.24) is 0 Å². The van der Waals surface area contributed by atoms with Crippen LogP contribution < -0.4 is 0 Å². The lowest BCUT2D eigenvalue weighted by molar-refractivity contribution is 1.31. The van der Waals surface area contributed by atoms with Crippen molar-refractivity contribution < 1.29 is 0 Å². The zero-order valence-electron chi connectivity index (χ0n) is 5.39. The molecule has 2 heteroatoms. The van der Waals surface area contributed by atoms with E-state index in [1.54, 1.807) is 13.0 Å². The smallest absolute Gasteiger partial charge is 0.0985 e. The van der Waals surface area contributed by atoms with E-state index in [-0.39, 0.29) is 0 Å². The SMILES string of the molecule is C=N/C(C)=C\C(=C)C#N. The second-order valence-corrected chi connectivity index (χ2v) is 1.58. The van der Waals surface area contributed by atoms with Gasteiger partial charge in [0.25, 0.3) is 0 Å². The molecule has 46 valence electrons. The Kier molecular flexibility index (Phi) is 3.07. The number of hydrogen-bond donors (Lipinski definition) is 0. The Balaban J connectivity index is 4.16. The van der Waals surface area contributed by atoms with Crippen molar-refractivity contribution in [3.05, 3.63) is 23.9 Å². The second kappa shape index (κ2) is 3.62. The van der Waals surface area contributed by atoms with E-state index >= 15 is 0 Å². The van der Waals surface area contributed by atoms with Crippen LogP contribution in [0.25, 0.3) is 0 Å². The van der Waals surface area contributed by atoms with Crippen LogP contribution in [0.4, 0.5) is 0 Å². The number of allylic oxidation sites excluding steroid dienone is 3. The minimum absolute atomic E-state index is 0.403. The number of nitrogens with zero attached hydrogens (tertiary/aromatic N) is 2. The molecule has 9 heavy (non-hydrogen) atoms. The Morgan fingerprint density at radius 2 is 2.33 bits per heavy atom. The molecule has 0 rings (SSSR count). The maximum atomic E-state index is 8.22. The largest absolute Gasteiger partial charge is 0.269 e. The highest BCUT2D eigenvalue weighted by Gasteiger charge is 1.83. The van der Waals surface area contributed by atoms with Crippen molar-refractivity contribution in [2.45, 2.75) is 6.92 Å². The summed E-state index contributed by atoms with van der Waals surface area (Å²) >= 11 is 0. The molecule has 2 nitrogen and oxygen atoms in total. The van der Waals surface area contributed by atoms with E-state index in [1.165, 1.54) is 0 Å². The van der Waals surface area contributed by atoms with Crippen molar-refractivity contribution in [1.29, 1.82) is 5.26 Å². The van der Waals surface area contributed by atoms with E-state index in [0.717, 1.165) is 0 Å².